The summed E-state index contributed by atoms with van der Waals surface area (Å²) in [7, 11) is -3.63. The Morgan fingerprint density at radius 2 is 1.70 bits per heavy atom. The summed E-state index contributed by atoms with van der Waals surface area (Å²) in [5, 5.41) is 0. The van der Waals surface area contributed by atoms with Gasteiger partial charge in [0.1, 0.15) is 5.82 Å². The van der Waals surface area contributed by atoms with E-state index in [1.165, 1.54) is 0 Å². The Labute approximate surface area is 160 Å². The SMILES string of the molecule is CC[C@H](NS(=O)(=O)c1ccc(C(C)C)cc1)c1ncc(-c2ccccc2)[nH]1. The molecule has 0 unspecified atom stereocenters. The van der Waals surface area contributed by atoms with Crippen LogP contribution in [0.3, 0.4) is 0 Å². The number of hydrogen-bond acceptors (Lipinski definition) is 3. The Morgan fingerprint density at radius 1 is 1.04 bits per heavy atom. The van der Waals surface area contributed by atoms with Gasteiger partial charge in [-0.15, -0.1) is 0 Å². The van der Waals surface area contributed by atoms with Gasteiger partial charge < -0.3 is 4.98 Å². The topological polar surface area (TPSA) is 74.8 Å². The summed E-state index contributed by atoms with van der Waals surface area (Å²) < 4.78 is 28.3. The van der Waals surface area contributed by atoms with Gasteiger partial charge in [0.2, 0.25) is 10.0 Å². The second-order valence-corrected chi connectivity index (χ2v) is 8.57. The highest BCUT2D eigenvalue weighted by Gasteiger charge is 2.22. The van der Waals surface area contributed by atoms with Crippen LogP contribution in [-0.4, -0.2) is 18.4 Å². The molecule has 1 aromatic heterocycles. The summed E-state index contributed by atoms with van der Waals surface area (Å²) in [6.07, 6.45) is 2.32. The lowest BCUT2D eigenvalue weighted by Gasteiger charge is -2.15. The molecule has 0 aliphatic carbocycles. The molecule has 2 N–H and O–H groups in total. The fourth-order valence-corrected chi connectivity index (χ4v) is 4.18. The van der Waals surface area contributed by atoms with Crippen LogP contribution >= 0.6 is 0 Å². The number of nitrogens with one attached hydrogen (secondary N) is 2. The van der Waals surface area contributed by atoms with E-state index >= 15 is 0 Å². The second-order valence-electron chi connectivity index (χ2n) is 6.85. The molecule has 0 aliphatic rings. The van der Waals surface area contributed by atoms with Crippen molar-refractivity contribution in [1.82, 2.24) is 14.7 Å². The number of aromatic nitrogens is 2. The molecular weight excluding hydrogens is 358 g/mol. The van der Waals surface area contributed by atoms with Crippen LogP contribution in [0.25, 0.3) is 11.3 Å². The second kappa shape index (κ2) is 8.06. The predicted molar refractivity (Wildman–Crippen MR) is 108 cm³/mol. The van der Waals surface area contributed by atoms with Gasteiger partial charge in [0.05, 0.1) is 22.8 Å². The maximum Gasteiger partial charge on any atom is 0.241 e. The molecule has 0 aliphatic heterocycles. The summed E-state index contributed by atoms with van der Waals surface area (Å²) in [4.78, 5) is 7.90. The number of aromatic amines is 1. The Kier molecular flexibility index (Phi) is 5.77. The zero-order valence-corrected chi connectivity index (χ0v) is 16.6. The number of imidazole rings is 1. The van der Waals surface area contributed by atoms with Crippen molar-refractivity contribution in [3.05, 3.63) is 72.2 Å². The molecule has 3 rings (SSSR count). The number of H-pyrrole nitrogens is 1. The van der Waals surface area contributed by atoms with Crippen molar-refractivity contribution >= 4 is 10.0 Å². The van der Waals surface area contributed by atoms with Gasteiger partial charge in [-0.2, -0.15) is 0 Å². The quantitative estimate of drug-likeness (QED) is 0.625. The highest BCUT2D eigenvalue weighted by atomic mass is 32.2. The van der Waals surface area contributed by atoms with Gasteiger partial charge in [0, 0.05) is 0 Å². The molecule has 0 saturated heterocycles. The van der Waals surface area contributed by atoms with Crippen LogP contribution in [0.15, 0.2) is 65.7 Å². The van der Waals surface area contributed by atoms with E-state index < -0.39 is 16.1 Å². The van der Waals surface area contributed by atoms with Gasteiger partial charge in [0.15, 0.2) is 0 Å². The minimum atomic E-state index is -3.63. The Bertz CT molecular complexity index is 978. The molecule has 0 radical (unpaired) electrons. The van der Waals surface area contributed by atoms with Crippen LogP contribution in [0.4, 0.5) is 0 Å². The molecule has 0 amide bonds. The van der Waals surface area contributed by atoms with Crippen molar-refractivity contribution in [3.8, 4) is 11.3 Å². The molecule has 6 heteroatoms. The molecule has 2 aromatic carbocycles. The van der Waals surface area contributed by atoms with Crippen molar-refractivity contribution in [2.45, 2.75) is 44.0 Å². The first-order chi connectivity index (χ1) is 12.9. The molecule has 3 aromatic rings. The summed E-state index contributed by atoms with van der Waals surface area (Å²) in [6.45, 7) is 6.09. The fourth-order valence-electron chi connectivity index (χ4n) is 2.90. The standard InChI is InChI=1S/C21H25N3O2S/c1-4-19(21-22-14-20(23-21)17-8-6-5-7-9-17)24-27(25,26)18-12-10-16(11-13-18)15(2)3/h5-15,19,24H,4H2,1-3H3,(H,22,23)/t19-/m0/s1. The average molecular weight is 384 g/mol. The van der Waals surface area contributed by atoms with E-state index in [9.17, 15) is 8.42 Å². The van der Waals surface area contributed by atoms with Gasteiger partial charge in [-0.3, -0.25) is 0 Å². The molecule has 1 atom stereocenters. The maximum absolute atomic E-state index is 12.8. The van der Waals surface area contributed by atoms with E-state index in [0.717, 1.165) is 16.8 Å². The van der Waals surface area contributed by atoms with Crippen molar-refractivity contribution in [1.29, 1.82) is 0 Å². The first-order valence-corrected chi connectivity index (χ1v) is 10.6. The highest BCUT2D eigenvalue weighted by Crippen LogP contribution is 2.23. The summed E-state index contributed by atoms with van der Waals surface area (Å²) in [6, 6.07) is 16.4. The predicted octanol–water partition coefficient (Wildman–Crippen LogP) is 4.63. The Hall–Kier alpha value is -2.44. The molecule has 1 heterocycles. The Balaban J connectivity index is 1.81. The van der Waals surface area contributed by atoms with Gasteiger partial charge in [-0.05, 0) is 35.6 Å². The lowest BCUT2D eigenvalue weighted by atomic mass is 10.0. The summed E-state index contributed by atoms with van der Waals surface area (Å²) in [5.41, 5.74) is 2.99. The minimum absolute atomic E-state index is 0.264. The van der Waals surface area contributed by atoms with E-state index in [2.05, 4.69) is 28.5 Å². The van der Waals surface area contributed by atoms with E-state index in [0.29, 0.717) is 18.2 Å². The highest BCUT2D eigenvalue weighted by molar-refractivity contribution is 7.89. The van der Waals surface area contributed by atoms with Crippen molar-refractivity contribution < 1.29 is 8.42 Å². The van der Waals surface area contributed by atoms with Crippen LogP contribution in [0.1, 0.15) is 50.5 Å². The third kappa shape index (κ3) is 4.46. The molecule has 0 fully saturated rings. The number of rotatable bonds is 7. The molecule has 142 valence electrons. The lowest BCUT2D eigenvalue weighted by Crippen LogP contribution is -2.29. The van der Waals surface area contributed by atoms with Crippen LogP contribution in [0, 0.1) is 0 Å². The van der Waals surface area contributed by atoms with E-state index in [1.54, 1.807) is 18.3 Å². The van der Waals surface area contributed by atoms with Crippen LogP contribution in [-0.2, 0) is 10.0 Å². The first-order valence-electron chi connectivity index (χ1n) is 9.13. The smallest absolute Gasteiger partial charge is 0.241 e. The minimum Gasteiger partial charge on any atom is -0.341 e. The third-order valence-electron chi connectivity index (χ3n) is 4.57. The van der Waals surface area contributed by atoms with Crippen molar-refractivity contribution in [2.24, 2.45) is 0 Å². The molecule has 5 nitrogen and oxygen atoms in total. The van der Waals surface area contributed by atoms with E-state index in [1.807, 2.05) is 49.4 Å². The summed E-state index contributed by atoms with van der Waals surface area (Å²) in [5.74, 6) is 0.969. The van der Waals surface area contributed by atoms with Crippen LogP contribution in [0.5, 0.6) is 0 Å². The number of benzene rings is 2. The van der Waals surface area contributed by atoms with Crippen LogP contribution < -0.4 is 4.72 Å². The molecule has 0 bridgehead atoms. The number of sulfonamides is 1. The zero-order valence-electron chi connectivity index (χ0n) is 15.8. The molecule has 0 spiro atoms. The van der Waals surface area contributed by atoms with Crippen LogP contribution in [0.2, 0.25) is 0 Å². The van der Waals surface area contributed by atoms with Gasteiger partial charge >= 0.3 is 0 Å². The van der Waals surface area contributed by atoms with E-state index in [-0.39, 0.29) is 4.90 Å². The van der Waals surface area contributed by atoms with Gasteiger partial charge in [-0.1, -0.05) is 63.2 Å². The first kappa shape index (κ1) is 19.3. The Morgan fingerprint density at radius 3 is 2.30 bits per heavy atom. The molecule has 0 saturated carbocycles. The largest absolute Gasteiger partial charge is 0.341 e. The van der Waals surface area contributed by atoms with E-state index in [4.69, 9.17) is 0 Å². The zero-order chi connectivity index (χ0) is 19.4. The number of hydrogen-bond donors (Lipinski definition) is 2. The third-order valence-corrected chi connectivity index (χ3v) is 6.06. The molecule has 27 heavy (non-hydrogen) atoms. The summed E-state index contributed by atoms with van der Waals surface area (Å²) >= 11 is 0. The maximum atomic E-state index is 12.8. The van der Waals surface area contributed by atoms with Gasteiger partial charge in [-0.25, -0.2) is 18.1 Å². The fraction of sp³-hybridized carbons (Fsp3) is 0.286. The molecular formula is C21H25N3O2S. The average Bonchev–Trinajstić information content (AvgIpc) is 3.17. The number of nitrogens with zero attached hydrogens (tertiary/aromatic N) is 1. The normalized spacial score (nSPS) is 13.0. The van der Waals surface area contributed by atoms with Crippen molar-refractivity contribution in [3.63, 3.8) is 0 Å². The monoisotopic (exact) mass is 383 g/mol. The van der Waals surface area contributed by atoms with Crippen molar-refractivity contribution in [2.75, 3.05) is 0 Å². The van der Waals surface area contributed by atoms with Gasteiger partial charge in [0.25, 0.3) is 0 Å². The lowest BCUT2D eigenvalue weighted by molar-refractivity contribution is 0.539.